The first-order chi connectivity index (χ1) is 32.5. The van der Waals surface area contributed by atoms with Gasteiger partial charge in [0.15, 0.2) is 6.10 Å². The summed E-state index contributed by atoms with van der Waals surface area (Å²) < 4.78 is 16.8. The number of esters is 3. The number of hydrogen-bond acceptors (Lipinski definition) is 6. The van der Waals surface area contributed by atoms with Crippen LogP contribution in [0.5, 0.6) is 0 Å². The highest BCUT2D eigenvalue weighted by Crippen LogP contribution is 2.15. The van der Waals surface area contributed by atoms with Gasteiger partial charge in [-0.1, -0.05) is 223 Å². The molecule has 0 amide bonds. The molecule has 0 aromatic heterocycles. The summed E-state index contributed by atoms with van der Waals surface area (Å²) in [6.45, 7) is 6.57. The minimum atomic E-state index is -0.784. The molecule has 0 saturated heterocycles. The maximum atomic E-state index is 12.8. The molecule has 0 rings (SSSR count). The smallest absolute Gasteiger partial charge is 0.306 e. The van der Waals surface area contributed by atoms with Crippen LogP contribution in [0.25, 0.3) is 0 Å². The van der Waals surface area contributed by atoms with E-state index in [0.717, 1.165) is 96.3 Å². The Bertz CT molecular complexity index is 1200. The normalized spacial score (nSPS) is 12.5. The average Bonchev–Trinajstić information content (AvgIpc) is 3.31. The van der Waals surface area contributed by atoms with Gasteiger partial charge in [0.25, 0.3) is 0 Å². The van der Waals surface area contributed by atoms with Crippen molar-refractivity contribution in [2.45, 2.75) is 290 Å². The van der Waals surface area contributed by atoms with Crippen LogP contribution in [-0.2, 0) is 28.6 Å². The van der Waals surface area contributed by atoms with Gasteiger partial charge >= 0.3 is 17.9 Å². The van der Waals surface area contributed by atoms with E-state index < -0.39 is 6.10 Å². The molecule has 1 unspecified atom stereocenters. The topological polar surface area (TPSA) is 78.9 Å². The number of allylic oxidation sites excluding steroid dienone is 10. The molecule has 0 spiro atoms. The van der Waals surface area contributed by atoms with Crippen molar-refractivity contribution in [3.63, 3.8) is 0 Å². The first kappa shape index (κ1) is 63.1. The Morgan fingerprint density at radius 3 is 0.909 bits per heavy atom. The van der Waals surface area contributed by atoms with Gasteiger partial charge in [0.1, 0.15) is 13.2 Å². The molecule has 0 aromatic rings. The third kappa shape index (κ3) is 52.1. The van der Waals surface area contributed by atoms with Crippen LogP contribution in [0, 0.1) is 0 Å². The lowest BCUT2D eigenvalue weighted by Gasteiger charge is -2.18. The van der Waals surface area contributed by atoms with Crippen molar-refractivity contribution in [2.24, 2.45) is 0 Å². The zero-order valence-corrected chi connectivity index (χ0v) is 43.7. The molecule has 382 valence electrons. The van der Waals surface area contributed by atoms with Gasteiger partial charge in [0.2, 0.25) is 0 Å². The number of hydrogen-bond donors (Lipinski definition) is 0. The molecule has 0 aliphatic rings. The summed E-state index contributed by atoms with van der Waals surface area (Å²) in [5.41, 5.74) is 0. The maximum Gasteiger partial charge on any atom is 0.306 e. The Morgan fingerprint density at radius 1 is 0.303 bits per heavy atom. The van der Waals surface area contributed by atoms with Crippen molar-refractivity contribution in [1.82, 2.24) is 0 Å². The van der Waals surface area contributed by atoms with Crippen LogP contribution in [0.3, 0.4) is 0 Å². The van der Waals surface area contributed by atoms with Gasteiger partial charge in [0.05, 0.1) is 0 Å². The molecule has 0 fully saturated rings. The Labute approximate surface area is 409 Å². The van der Waals surface area contributed by atoms with Crippen LogP contribution in [0.4, 0.5) is 0 Å². The van der Waals surface area contributed by atoms with Crippen molar-refractivity contribution in [2.75, 3.05) is 13.2 Å². The van der Waals surface area contributed by atoms with Crippen molar-refractivity contribution < 1.29 is 28.6 Å². The van der Waals surface area contributed by atoms with Gasteiger partial charge in [-0.3, -0.25) is 14.4 Å². The molecule has 0 aliphatic heterocycles. The lowest BCUT2D eigenvalue weighted by molar-refractivity contribution is -0.167. The maximum absolute atomic E-state index is 12.8. The fourth-order valence-corrected chi connectivity index (χ4v) is 7.90. The van der Waals surface area contributed by atoms with E-state index in [1.165, 1.54) is 148 Å². The zero-order chi connectivity index (χ0) is 47.9. The van der Waals surface area contributed by atoms with Crippen LogP contribution < -0.4 is 0 Å². The molecule has 1 atom stereocenters. The Hall–Kier alpha value is -2.89. The summed E-state index contributed by atoms with van der Waals surface area (Å²) in [5.74, 6) is -0.902. The highest BCUT2D eigenvalue weighted by molar-refractivity contribution is 5.71. The summed E-state index contributed by atoms with van der Waals surface area (Å²) in [5, 5.41) is 0. The van der Waals surface area contributed by atoms with Gasteiger partial charge in [-0.05, 0) is 103 Å². The average molecular weight is 924 g/mol. The number of carbonyl (C=O) groups excluding carboxylic acids is 3. The molecule has 0 aromatic carbocycles. The summed E-state index contributed by atoms with van der Waals surface area (Å²) in [6, 6.07) is 0. The van der Waals surface area contributed by atoms with E-state index in [0.29, 0.717) is 19.3 Å². The SMILES string of the molecule is CCCC/C=C\CCCCCCCC(=O)OCC(COC(=O)CCCCCCCCCC/C=C\C/C=C\C/C=C\CCCCCCC)OC(=O)CCCCCCC/C=C\CCCCCCC. The van der Waals surface area contributed by atoms with Crippen molar-refractivity contribution >= 4 is 17.9 Å². The highest BCUT2D eigenvalue weighted by Gasteiger charge is 2.19. The fourth-order valence-electron chi connectivity index (χ4n) is 7.90. The predicted octanol–water partition coefficient (Wildman–Crippen LogP) is 18.8. The Balaban J connectivity index is 4.31. The Kier molecular flexibility index (Phi) is 52.3. The van der Waals surface area contributed by atoms with E-state index in [2.05, 4.69) is 81.5 Å². The number of ether oxygens (including phenoxy) is 3. The Morgan fingerprint density at radius 2 is 0.561 bits per heavy atom. The molecule has 0 bridgehead atoms. The molecule has 0 radical (unpaired) electrons. The summed E-state index contributed by atoms with van der Waals surface area (Å²) in [6.07, 6.45) is 67.8. The molecule has 0 aliphatic carbocycles. The predicted molar refractivity (Wildman–Crippen MR) is 284 cm³/mol. The van der Waals surface area contributed by atoms with Gasteiger partial charge in [-0.15, -0.1) is 0 Å². The van der Waals surface area contributed by atoms with E-state index in [4.69, 9.17) is 14.2 Å². The van der Waals surface area contributed by atoms with Crippen LogP contribution in [0.1, 0.15) is 284 Å². The van der Waals surface area contributed by atoms with Crippen molar-refractivity contribution in [1.29, 1.82) is 0 Å². The molecule has 0 heterocycles. The van der Waals surface area contributed by atoms with Crippen LogP contribution in [-0.4, -0.2) is 37.2 Å². The standard InChI is InChI=1S/C60H106O6/c1-4-7-10-13-16-19-22-24-26-27-28-29-30-31-32-33-34-36-38-41-44-47-50-53-59(62)65-56-57(55-64-58(61)52-49-46-43-40-37-21-18-15-12-9-6-3)66-60(63)54-51-48-45-42-39-35-25-23-20-17-14-11-8-5-2/h15,18,22-25,27-28,30-31,57H,4-14,16-17,19-21,26,29,32-56H2,1-3H3/b18-15-,24-22-,25-23-,28-27-,31-30-. The van der Waals surface area contributed by atoms with Crippen molar-refractivity contribution in [3.05, 3.63) is 60.8 Å². The summed E-state index contributed by atoms with van der Waals surface area (Å²) in [4.78, 5) is 38.0. The van der Waals surface area contributed by atoms with E-state index in [1.54, 1.807) is 0 Å². The largest absolute Gasteiger partial charge is 0.462 e. The zero-order valence-electron chi connectivity index (χ0n) is 43.7. The monoisotopic (exact) mass is 923 g/mol. The van der Waals surface area contributed by atoms with Crippen LogP contribution in [0.2, 0.25) is 0 Å². The van der Waals surface area contributed by atoms with Gasteiger partial charge in [0, 0.05) is 19.3 Å². The second-order valence-corrected chi connectivity index (χ2v) is 18.8. The first-order valence-corrected chi connectivity index (χ1v) is 28.3. The lowest BCUT2D eigenvalue weighted by atomic mass is 10.1. The third-order valence-electron chi connectivity index (χ3n) is 12.2. The van der Waals surface area contributed by atoms with Gasteiger partial charge in [-0.2, -0.15) is 0 Å². The van der Waals surface area contributed by atoms with Crippen LogP contribution in [0.15, 0.2) is 60.8 Å². The van der Waals surface area contributed by atoms with E-state index in [9.17, 15) is 14.4 Å². The van der Waals surface area contributed by atoms with E-state index in [-0.39, 0.29) is 31.1 Å². The van der Waals surface area contributed by atoms with Gasteiger partial charge in [-0.25, -0.2) is 0 Å². The molecular formula is C60H106O6. The third-order valence-corrected chi connectivity index (χ3v) is 12.2. The molecule has 0 saturated carbocycles. The molecule has 0 N–H and O–H groups in total. The number of unbranched alkanes of at least 4 members (excludes halogenated alkanes) is 30. The first-order valence-electron chi connectivity index (χ1n) is 28.3. The van der Waals surface area contributed by atoms with E-state index >= 15 is 0 Å². The number of rotatable bonds is 51. The van der Waals surface area contributed by atoms with Gasteiger partial charge < -0.3 is 14.2 Å². The molecule has 66 heavy (non-hydrogen) atoms. The highest BCUT2D eigenvalue weighted by atomic mass is 16.6. The summed E-state index contributed by atoms with van der Waals surface area (Å²) >= 11 is 0. The van der Waals surface area contributed by atoms with Crippen LogP contribution >= 0.6 is 0 Å². The summed E-state index contributed by atoms with van der Waals surface area (Å²) in [7, 11) is 0. The second kappa shape index (κ2) is 54.7. The van der Waals surface area contributed by atoms with E-state index in [1.807, 2.05) is 0 Å². The number of carbonyl (C=O) groups is 3. The molecular weight excluding hydrogens is 817 g/mol. The fraction of sp³-hybridized carbons (Fsp3) is 0.783. The lowest BCUT2D eigenvalue weighted by Crippen LogP contribution is -2.30. The molecule has 6 nitrogen and oxygen atoms in total. The molecule has 6 heteroatoms. The van der Waals surface area contributed by atoms with Crippen molar-refractivity contribution in [3.8, 4) is 0 Å². The minimum Gasteiger partial charge on any atom is -0.462 e. The second-order valence-electron chi connectivity index (χ2n) is 18.8. The quantitative estimate of drug-likeness (QED) is 0.0262. The minimum absolute atomic E-state index is 0.0835.